The van der Waals surface area contributed by atoms with E-state index in [0.717, 1.165) is 30.7 Å². The van der Waals surface area contributed by atoms with Crippen molar-refractivity contribution in [2.24, 2.45) is 0 Å². The second-order valence-corrected chi connectivity index (χ2v) is 8.03. The van der Waals surface area contributed by atoms with Crippen LogP contribution in [0.15, 0.2) is 24.3 Å². The molecule has 0 aromatic heterocycles. The summed E-state index contributed by atoms with van der Waals surface area (Å²) in [4.78, 5) is 28.3. The van der Waals surface area contributed by atoms with E-state index in [1.54, 1.807) is 14.2 Å². The molecule has 6 heteroatoms. The van der Waals surface area contributed by atoms with Crippen LogP contribution >= 0.6 is 0 Å². The van der Waals surface area contributed by atoms with Crippen LogP contribution in [0.1, 0.15) is 39.2 Å². The monoisotopic (exact) mass is 361 g/mol. The Morgan fingerprint density at radius 1 is 1.15 bits per heavy atom. The Kier molecular flexibility index (Phi) is 6.64. The van der Waals surface area contributed by atoms with Crippen LogP contribution in [0.2, 0.25) is 0 Å². The van der Waals surface area contributed by atoms with Crippen LogP contribution in [0.5, 0.6) is 5.75 Å². The van der Waals surface area contributed by atoms with Gasteiger partial charge in [-0.25, -0.2) is 0 Å². The summed E-state index contributed by atoms with van der Waals surface area (Å²) in [6.45, 7) is 6.92. The number of hydrogen-bond donors (Lipinski definition) is 1. The molecule has 0 heterocycles. The van der Waals surface area contributed by atoms with E-state index in [1.807, 2.05) is 45.0 Å². The maximum atomic E-state index is 12.6. The number of hydrogen-bond acceptors (Lipinski definition) is 4. The number of carbonyl (C=O) groups is 2. The van der Waals surface area contributed by atoms with Gasteiger partial charge in [0, 0.05) is 25.2 Å². The summed E-state index contributed by atoms with van der Waals surface area (Å²) in [7, 11) is 3.33. The topological polar surface area (TPSA) is 61.9 Å². The minimum atomic E-state index is -0.296. The van der Waals surface area contributed by atoms with Gasteiger partial charge in [-0.05, 0) is 51.3 Å². The molecule has 0 atom stereocenters. The third-order valence-corrected chi connectivity index (χ3v) is 4.27. The van der Waals surface area contributed by atoms with Crippen LogP contribution < -0.4 is 10.1 Å². The Balaban J connectivity index is 1.89. The van der Waals surface area contributed by atoms with E-state index >= 15 is 0 Å². The highest BCUT2D eigenvalue weighted by Crippen LogP contribution is 2.28. The molecule has 1 fully saturated rings. The molecule has 0 bridgehead atoms. The van der Waals surface area contributed by atoms with E-state index in [-0.39, 0.29) is 23.9 Å². The van der Waals surface area contributed by atoms with Gasteiger partial charge in [-0.15, -0.1) is 0 Å². The molecular formula is C20H31N3O3. The number of nitrogens with one attached hydrogen (secondary N) is 1. The standard InChI is InChI=1S/C20H31N3O3/c1-20(2,3)21-18(24)13-22(4)19(25)14-23(16-8-9-16)12-15-6-10-17(26-5)11-7-15/h6-7,10-11,16H,8-9,12-14H2,1-5H3,(H,21,24). The molecule has 1 aliphatic carbocycles. The number of likely N-dealkylation sites (N-methyl/N-ethyl adjacent to an activating group) is 1. The number of benzene rings is 1. The lowest BCUT2D eigenvalue weighted by atomic mass is 10.1. The van der Waals surface area contributed by atoms with Crippen LogP contribution in [-0.2, 0) is 16.1 Å². The number of methoxy groups -OCH3 is 1. The molecule has 26 heavy (non-hydrogen) atoms. The van der Waals surface area contributed by atoms with E-state index in [4.69, 9.17) is 4.74 Å². The molecule has 1 saturated carbocycles. The fourth-order valence-corrected chi connectivity index (χ4v) is 2.78. The quantitative estimate of drug-likeness (QED) is 0.770. The van der Waals surface area contributed by atoms with Crippen LogP contribution in [0, 0.1) is 0 Å². The van der Waals surface area contributed by atoms with Gasteiger partial charge in [-0.3, -0.25) is 14.5 Å². The summed E-state index contributed by atoms with van der Waals surface area (Å²) in [6, 6.07) is 8.38. The number of nitrogens with zero attached hydrogens (tertiary/aromatic N) is 2. The SMILES string of the molecule is COc1ccc(CN(CC(=O)N(C)CC(=O)NC(C)(C)C)C2CC2)cc1. The highest BCUT2D eigenvalue weighted by Gasteiger charge is 2.31. The zero-order chi connectivity index (χ0) is 19.3. The number of amides is 2. The Morgan fingerprint density at radius 3 is 2.27 bits per heavy atom. The summed E-state index contributed by atoms with van der Waals surface area (Å²) in [5, 5.41) is 2.89. The first-order valence-corrected chi connectivity index (χ1v) is 9.10. The number of rotatable bonds is 8. The zero-order valence-electron chi connectivity index (χ0n) is 16.5. The molecule has 2 amide bonds. The first kappa shape index (κ1) is 20.2. The van der Waals surface area contributed by atoms with Crippen LogP contribution in [-0.4, -0.2) is 60.4 Å². The molecule has 1 aliphatic rings. The normalized spacial score (nSPS) is 14.2. The van der Waals surface area contributed by atoms with Crippen molar-refractivity contribution < 1.29 is 14.3 Å². The molecule has 0 saturated heterocycles. The molecule has 0 radical (unpaired) electrons. The smallest absolute Gasteiger partial charge is 0.240 e. The van der Waals surface area contributed by atoms with Crippen molar-refractivity contribution >= 4 is 11.8 Å². The van der Waals surface area contributed by atoms with Gasteiger partial charge in [0.15, 0.2) is 0 Å². The van der Waals surface area contributed by atoms with Crippen molar-refractivity contribution in [2.45, 2.75) is 51.7 Å². The molecular weight excluding hydrogens is 330 g/mol. The lowest BCUT2D eigenvalue weighted by Gasteiger charge is -2.26. The molecule has 1 aromatic carbocycles. The number of ether oxygens (including phenoxy) is 1. The van der Waals surface area contributed by atoms with E-state index in [9.17, 15) is 9.59 Å². The highest BCUT2D eigenvalue weighted by molar-refractivity contribution is 5.85. The molecule has 0 unspecified atom stereocenters. The van der Waals surface area contributed by atoms with E-state index in [2.05, 4.69) is 10.2 Å². The van der Waals surface area contributed by atoms with E-state index in [0.29, 0.717) is 12.6 Å². The first-order chi connectivity index (χ1) is 12.2. The first-order valence-electron chi connectivity index (χ1n) is 9.10. The zero-order valence-corrected chi connectivity index (χ0v) is 16.5. The lowest BCUT2D eigenvalue weighted by molar-refractivity contribution is -0.136. The van der Waals surface area contributed by atoms with Crippen LogP contribution in [0.4, 0.5) is 0 Å². The lowest BCUT2D eigenvalue weighted by Crippen LogP contribution is -2.48. The molecule has 1 N–H and O–H groups in total. The minimum absolute atomic E-state index is 0.0329. The third-order valence-electron chi connectivity index (χ3n) is 4.27. The van der Waals surface area contributed by atoms with Crippen molar-refractivity contribution in [3.05, 3.63) is 29.8 Å². The van der Waals surface area contributed by atoms with Gasteiger partial charge in [0.2, 0.25) is 11.8 Å². The van der Waals surface area contributed by atoms with Gasteiger partial charge in [0.05, 0.1) is 20.2 Å². The van der Waals surface area contributed by atoms with Gasteiger partial charge < -0.3 is 15.0 Å². The Bertz CT molecular complexity index is 618. The van der Waals surface area contributed by atoms with Crippen molar-refractivity contribution in [3.8, 4) is 5.75 Å². The van der Waals surface area contributed by atoms with E-state index < -0.39 is 0 Å². The Morgan fingerprint density at radius 2 is 1.77 bits per heavy atom. The second kappa shape index (κ2) is 8.54. The molecule has 1 aromatic rings. The Hall–Kier alpha value is -2.08. The van der Waals surface area contributed by atoms with Crippen molar-refractivity contribution in [1.29, 1.82) is 0 Å². The van der Waals surface area contributed by atoms with Gasteiger partial charge in [0.1, 0.15) is 5.75 Å². The molecule has 144 valence electrons. The fraction of sp³-hybridized carbons (Fsp3) is 0.600. The molecule has 6 nitrogen and oxygen atoms in total. The molecule has 0 aliphatic heterocycles. The summed E-state index contributed by atoms with van der Waals surface area (Å²) >= 11 is 0. The molecule has 2 rings (SSSR count). The minimum Gasteiger partial charge on any atom is -0.497 e. The summed E-state index contributed by atoms with van der Waals surface area (Å²) in [6.07, 6.45) is 2.25. The van der Waals surface area contributed by atoms with Crippen molar-refractivity contribution in [3.63, 3.8) is 0 Å². The Labute approximate surface area is 156 Å². The predicted molar refractivity (Wildman–Crippen MR) is 102 cm³/mol. The maximum absolute atomic E-state index is 12.6. The molecule has 0 spiro atoms. The maximum Gasteiger partial charge on any atom is 0.240 e. The largest absolute Gasteiger partial charge is 0.497 e. The van der Waals surface area contributed by atoms with Crippen LogP contribution in [0.3, 0.4) is 0 Å². The third kappa shape index (κ3) is 6.67. The average molecular weight is 361 g/mol. The summed E-state index contributed by atoms with van der Waals surface area (Å²) < 4.78 is 5.19. The van der Waals surface area contributed by atoms with Crippen molar-refractivity contribution in [1.82, 2.24) is 15.1 Å². The van der Waals surface area contributed by atoms with Crippen LogP contribution in [0.25, 0.3) is 0 Å². The fourth-order valence-electron chi connectivity index (χ4n) is 2.78. The van der Waals surface area contributed by atoms with Gasteiger partial charge in [-0.1, -0.05) is 12.1 Å². The van der Waals surface area contributed by atoms with E-state index in [1.165, 1.54) is 4.90 Å². The average Bonchev–Trinajstić information content (AvgIpc) is 3.37. The predicted octanol–water partition coefficient (Wildman–Crippen LogP) is 2.03. The highest BCUT2D eigenvalue weighted by atomic mass is 16.5. The van der Waals surface area contributed by atoms with Gasteiger partial charge in [-0.2, -0.15) is 0 Å². The second-order valence-electron chi connectivity index (χ2n) is 8.03. The van der Waals surface area contributed by atoms with Gasteiger partial charge >= 0.3 is 0 Å². The summed E-state index contributed by atoms with van der Waals surface area (Å²) in [5.74, 6) is 0.656. The van der Waals surface area contributed by atoms with Gasteiger partial charge in [0.25, 0.3) is 0 Å². The summed E-state index contributed by atoms with van der Waals surface area (Å²) in [5.41, 5.74) is 0.855. The van der Waals surface area contributed by atoms with Crippen molar-refractivity contribution in [2.75, 3.05) is 27.2 Å². The number of carbonyl (C=O) groups excluding carboxylic acids is 2.